The van der Waals surface area contributed by atoms with Crippen LogP contribution < -0.4 is 10.6 Å². The molecule has 2 aromatic rings. The number of hydrogen-bond acceptors (Lipinski definition) is 5. The number of amides is 2. The predicted octanol–water partition coefficient (Wildman–Crippen LogP) is 4.94. The molecule has 0 radical (unpaired) electrons. The molecule has 0 unspecified atom stereocenters. The Morgan fingerprint density at radius 1 is 0.946 bits per heavy atom. The van der Waals surface area contributed by atoms with Crippen LogP contribution in [0.2, 0.25) is 0 Å². The maximum absolute atomic E-state index is 13.6. The van der Waals surface area contributed by atoms with Crippen LogP contribution in [0.3, 0.4) is 0 Å². The van der Waals surface area contributed by atoms with Crippen molar-refractivity contribution in [1.82, 2.24) is 10.6 Å². The third-order valence-electron chi connectivity index (χ3n) is 6.54. The Bertz CT molecular complexity index is 1060. The van der Waals surface area contributed by atoms with E-state index in [1.165, 1.54) is 0 Å². The third-order valence-corrected chi connectivity index (χ3v) is 6.54. The van der Waals surface area contributed by atoms with Crippen LogP contribution in [0.25, 0.3) is 0 Å². The number of unbranched alkanes of at least 4 members (excludes halogenated alkanes) is 3. The Morgan fingerprint density at radius 2 is 1.62 bits per heavy atom. The molecule has 0 bridgehead atoms. The first-order valence-electron chi connectivity index (χ1n) is 13.0. The number of nitrogens with one attached hydrogen (secondary N) is 2. The number of carbonyl (C=O) groups is 3. The Balaban J connectivity index is 2.23. The van der Waals surface area contributed by atoms with Crippen molar-refractivity contribution < 1.29 is 19.1 Å². The third kappa shape index (κ3) is 9.05. The van der Waals surface area contributed by atoms with Gasteiger partial charge in [0.05, 0.1) is 23.7 Å². The number of nitrogens with zero attached hydrogens (tertiary/aromatic N) is 1. The SMILES string of the molecule is CCCCCC[C@H](NC(=O)c1ccc(C#N)cc1)C(C)(C)C(=O)N[C@@H](Cc1ccccc1)C(=O)OCC. The standard InChI is InChI=1S/C30H39N3O4/c1-5-7-8-12-15-26(33-27(34)24-18-16-23(21-31)17-19-24)30(3,4)29(36)32-25(28(35)37-6-2)20-22-13-10-9-11-14-22/h9-11,13-14,16-19,25-26H,5-8,12,15,20H2,1-4H3,(H,32,36)(H,33,34)/t25-,26-/m0/s1. The zero-order valence-corrected chi connectivity index (χ0v) is 22.4. The van der Waals surface area contributed by atoms with E-state index in [4.69, 9.17) is 10.00 Å². The second-order valence-electron chi connectivity index (χ2n) is 9.75. The molecule has 2 N–H and O–H groups in total. The van der Waals surface area contributed by atoms with Gasteiger partial charge in [-0.1, -0.05) is 62.9 Å². The fourth-order valence-electron chi connectivity index (χ4n) is 4.11. The first-order chi connectivity index (χ1) is 17.7. The molecule has 2 rings (SSSR count). The van der Waals surface area contributed by atoms with Gasteiger partial charge in [0.1, 0.15) is 6.04 Å². The van der Waals surface area contributed by atoms with Crippen molar-refractivity contribution in [1.29, 1.82) is 5.26 Å². The summed E-state index contributed by atoms with van der Waals surface area (Å²) in [6.45, 7) is 7.65. The van der Waals surface area contributed by atoms with Gasteiger partial charge in [0.2, 0.25) is 5.91 Å². The van der Waals surface area contributed by atoms with E-state index in [2.05, 4.69) is 17.6 Å². The fraction of sp³-hybridized carbons (Fsp3) is 0.467. The topological polar surface area (TPSA) is 108 Å². The normalized spacial score (nSPS) is 12.6. The van der Waals surface area contributed by atoms with Crippen molar-refractivity contribution in [2.45, 2.75) is 78.3 Å². The highest BCUT2D eigenvalue weighted by molar-refractivity contribution is 5.95. The molecule has 2 atom stereocenters. The lowest BCUT2D eigenvalue weighted by Crippen LogP contribution is -2.56. The van der Waals surface area contributed by atoms with E-state index < -0.39 is 23.5 Å². The quantitative estimate of drug-likeness (QED) is 0.279. The van der Waals surface area contributed by atoms with Gasteiger partial charge in [0.25, 0.3) is 5.91 Å². The van der Waals surface area contributed by atoms with Crippen LogP contribution in [-0.2, 0) is 20.7 Å². The van der Waals surface area contributed by atoms with Gasteiger partial charge < -0.3 is 15.4 Å². The van der Waals surface area contributed by atoms with Crippen molar-refractivity contribution >= 4 is 17.8 Å². The second-order valence-corrected chi connectivity index (χ2v) is 9.75. The highest BCUT2D eigenvalue weighted by Crippen LogP contribution is 2.27. The summed E-state index contributed by atoms with van der Waals surface area (Å²) in [7, 11) is 0. The molecule has 2 amide bonds. The van der Waals surface area contributed by atoms with Gasteiger partial charge in [-0.05, 0) is 57.0 Å². The van der Waals surface area contributed by atoms with Gasteiger partial charge in [-0.3, -0.25) is 9.59 Å². The van der Waals surface area contributed by atoms with E-state index in [-0.39, 0.29) is 18.4 Å². The average molecular weight is 506 g/mol. The van der Waals surface area contributed by atoms with Gasteiger partial charge >= 0.3 is 5.97 Å². The molecule has 7 heteroatoms. The van der Waals surface area contributed by atoms with E-state index >= 15 is 0 Å². The molecule has 7 nitrogen and oxygen atoms in total. The molecule has 37 heavy (non-hydrogen) atoms. The van der Waals surface area contributed by atoms with Gasteiger partial charge in [-0.25, -0.2) is 4.79 Å². The van der Waals surface area contributed by atoms with Crippen molar-refractivity contribution in [3.8, 4) is 6.07 Å². The summed E-state index contributed by atoms with van der Waals surface area (Å²) in [5.74, 6) is -1.13. The Kier molecular flexibility index (Phi) is 11.8. The van der Waals surface area contributed by atoms with E-state index in [1.807, 2.05) is 36.4 Å². The summed E-state index contributed by atoms with van der Waals surface area (Å²) in [6, 6.07) is 16.6. The van der Waals surface area contributed by atoms with Crippen LogP contribution in [0.5, 0.6) is 0 Å². The molecule has 0 aliphatic carbocycles. The van der Waals surface area contributed by atoms with Gasteiger partial charge in [0, 0.05) is 18.0 Å². The maximum Gasteiger partial charge on any atom is 0.328 e. The van der Waals surface area contributed by atoms with Gasteiger partial charge in [-0.15, -0.1) is 0 Å². The summed E-state index contributed by atoms with van der Waals surface area (Å²) >= 11 is 0. The largest absolute Gasteiger partial charge is 0.464 e. The van der Waals surface area contributed by atoms with Crippen LogP contribution in [0.15, 0.2) is 54.6 Å². The minimum atomic E-state index is -1.00. The smallest absolute Gasteiger partial charge is 0.328 e. The minimum Gasteiger partial charge on any atom is -0.464 e. The van der Waals surface area contributed by atoms with Gasteiger partial charge in [0.15, 0.2) is 0 Å². The Labute approximate surface area is 220 Å². The highest BCUT2D eigenvalue weighted by atomic mass is 16.5. The number of rotatable bonds is 14. The first-order valence-corrected chi connectivity index (χ1v) is 13.0. The molecular formula is C30H39N3O4. The lowest BCUT2D eigenvalue weighted by Gasteiger charge is -2.35. The van der Waals surface area contributed by atoms with Crippen molar-refractivity contribution in [3.63, 3.8) is 0 Å². The lowest BCUT2D eigenvalue weighted by atomic mass is 9.80. The van der Waals surface area contributed by atoms with Crippen LogP contribution in [0.4, 0.5) is 0 Å². The molecule has 0 spiro atoms. The van der Waals surface area contributed by atoms with Crippen LogP contribution in [0, 0.1) is 16.7 Å². The van der Waals surface area contributed by atoms with Crippen LogP contribution in [0.1, 0.15) is 81.3 Å². The molecule has 0 aromatic heterocycles. The molecule has 0 heterocycles. The molecular weight excluding hydrogens is 466 g/mol. The number of benzene rings is 2. The number of hydrogen-bond donors (Lipinski definition) is 2. The van der Waals surface area contributed by atoms with E-state index in [1.54, 1.807) is 45.0 Å². The molecule has 0 aliphatic rings. The summed E-state index contributed by atoms with van der Waals surface area (Å²) in [5, 5.41) is 15.0. The predicted molar refractivity (Wildman–Crippen MR) is 144 cm³/mol. The average Bonchev–Trinajstić information content (AvgIpc) is 2.90. The Hall–Kier alpha value is -3.66. The number of ether oxygens (including phenoxy) is 1. The number of nitriles is 1. The summed E-state index contributed by atoms with van der Waals surface area (Å²) < 4.78 is 5.24. The Morgan fingerprint density at radius 3 is 2.22 bits per heavy atom. The molecule has 198 valence electrons. The highest BCUT2D eigenvalue weighted by Gasteiger charge is 2.39. The summed E-state index contributed by atoms with van der Waals surface area (Å²) in [6.07, 6.45) is 4.92. The fourth-order valence-corrected chi connectivity index (χ4v) is 4.11. The maximum atomic E-state index is 13.6. The molecule has 0 saturated carbocycles. The van der Waals surface area contributed by atoms with Crippen molar-refractivity contribution in [3.05, 3.63) is 71.3 Å². The molecule has 0 saturated heterocycles. The first kappa shape index (κ1) is 29.6. The van der Waals surface area contributed by atoms with Crippen LogP contribution >= 0.6 is 0 Å². The van der Waals surface area contributed by atoms with E-state index in [0.29, 0.717) is 24.0 Å². The molecule has 2 aromatic carbocycles. The van der Waals surface area contributed by atoms with Crippen molar-refractivity contribution in [2.24, 2.45) is 5.41 Å². The number of carbonyl (C=O) groups excluding carboxylic acids is 3. The minimum absolute atomic E-state index is 0.212. The molecule has 0 fully saturated rings. The summed E-state index contributed by atoms with van der Waals surface area (Å²) in [5.41, 5.74) is 0.789. The van der Waals surface area contributed by atoms with E-state index in [0.717, 1.165) is 31.2 Å². The molecule has 0 aliphatic heterocycles. The van der Waals surface area contributed by atoms with Crippen molar-refractivity contribution in [2.75, 3.05) is 6.61 Å². The zero-order valence-electron chi connectivity index (χ0n) is 22.4. The van der Waals surface area contributed by atoms with Crippen LogP contribution in [-0.4, -0.2) is 36.5 Å². The van der Waals surface area contributed by atoms with Gasteiger partial charge in [-0.2, -0.15) is 5.26 Å². The zero-order chi connectivity index (χ0) is 27.3. The second kappa shape index (κ2) is 14.8. The number of esters is 1. The lowest BCUT2D eigenvalue weighted by molar-refractivity contribution is -0.148. The monoisotopic (exact) mass is 505 g/mol. The van der Waals surface area contributed by atoms with E-state index in [9.17, 15) is 14.4 Å². The summed E-state index contributed by atoms with van der Waals surface area (Å²) in [4.78, 5) is 39.4.